The molecule has 0 saturated heterocycles. The summed E-state index contributed by atoms with van der Waals surface area (Å²) in [6.07, 6.45) is -4.02. The molecule has 1 rings (SSSR count). The highest BCUT2D eigenvalue weighted by molar-refractivity contribution is 5.96. The minimum atomic E-state index is -2.76. The molecule has 0 aliphatic carbocycles. The third kappa shape index (κ3) is 4.11. The summed E-state index contributed by atoms with van der Waals surface area (Å²) in [6.45, 7) is 1.55. The average molecular weight is 243 g/mol. The zero-order valence-electron chi connectivity index (χ0n) is 9.49. The monoisotopic (exact) mass is 243 g/mol. The maximum absolute atomic E-state index is 12.0. The number of ketones is 1. The van der Waals surface area contributed by atoms with Crippen LogP contribution in [0.1, 0.15) is 23.7 Å². The number of benzene rings is 1. The molecule has 0 radical (unpaired) electrons. The van der Waals surface area contributed by atoms with E-state index < -0.39 is 12.5 Å². The van der Waals surface area contributed by atoms with Crippen molar-refractivity contribution in [2.45, 2.75) is 25.9 Å². The van der Waals surface area contributed by atoms with E-state index in [1.807, 2.05) is 0 Å². The number of aliphatic hydroxyl groups is 1. The fourth-order valence-electron chi connectivity index (χ4n) is 1.29. The minimum Gasteiger partial charge on any atom is -0.385 e. The number of hydrogen-bond donors (Lipinski definition) is 2. The summed E-state index contributed by atoms with van der Waals surface area (Å²) in [5.41, 5.74) is 1.19. The number of rotatable bonds is 6. The average Bonchev–Trinajstić information content (AvgIpc) is 2.35. The molecule has 0 fully saturated rings. The van der Waals surface area contributed by atoms with E-state index in [0.29, 0.717) is 17.7 Å². The molecule has 94 valence electrons. The van der Waals surface area contributed by atoms with Crippen LogP contribution in [0.5, 0.6) is 0 Å². The van der Waals surface area contributed by atoms with E-state index in [2.05, 4.69) is 5.32 Å². The summed E-state index contributed by atoms with van der Waals surface area (Å²) >= 11 is 0. The number of aliphatic hydroxyl groups excluding tert-OH is 1. The van der Waals surface area contributed by atoms with Gasteiger partial charge in [0.15, 0.2) is 5.78 Å². The predicted molar refractivity (Wildman–Crippen MR) is 61.6 cm³/mol. The maximum atomic E-state index is 12.0. The number of anilines is 1. The van der Waals surface area contributed by atoms with Gasteiger partial charge in [-0.1, -0.05) is 6.92 Å². The molecule has 0 aliphatic heterocycles. The summed E-state index contributed by atoms with van der Waals surface area (Å²) < 4.78 is 24.0. The van der Waals surface area contributed by atoms with Gasteiger partial charge in [-0.2, -0.15) is 0 Å². The molecule has 1 aromatic rings. The Morgan fingerprint density at radius 2 is 1.94 bits per heavy atom. The van der Waals surface area contributed by atoms with E-state index in [1.165, 1.54) is 0 Å². The summed E-state index contributed by atoms with van der Waals surface area (Å²) in [5.74, 6) is 0.0316. The lowest BCUT2D eigenvalue weighted by Gasteiger charge is -2.11. The molecule has 5 heteroatoms. The van der Waals surface area contributed by atoms with Crippen molar-refractivity contribution >= 4 is 11.5 Å². The number of Topliss-reactive ketones (excluding diaryl/α,β-unsaturated/α-hetero) is 1. The number of carbonyl (C=O) groups is 1. The van der Waals surface area contributed by atoms with Crippen molar-refractivity contribution in [1.82, 2.24) is 0 Å². The van der Waals surface area contributed by atoms with Crippen LogP contribution in [0.25, 0.3) is 0 Å². The Labute approximate surface area is 98.5 Å². The van der Waals surface area contributed by atoms with Crippen LogP contribution in [0.3, 0.4) is 0 Å². The van der Waals surface area contributed by atoms with Crippen molar-refractivity contribution in [2.24, 2.45) is 0 Å². The highest BCUT2D eigenvalue weighted by Gasteiger charge is 2.15. The molecule has 0 amide bonds. The summed E-state index contributed by atoms with van der Waals surface area (Å²) in [7, 11) is 0. The Morgan fingerprint density at radius 3 is 2.41 bits per heavy atom. The van der Waals surface area contributed by atoms with E-state index in [9.17, 15) is 13.6 Å². The van der Waals surface area contributed by atoms with Crippen LogP contribution in [-0.4, -0.2) is 30.0 Å². The molecule has 0 bridgehead atoms. The second-order valence-electron chi connectivity index (χ2n) is 3.64. The smallest absolute Gasteiger partial charge is 0.265 e. The molecule has 2 N–H and O–H groups in total. The van der Waals surface area contributed by atoms with E-state index >= 15 is 0 Å². The van der Waals surface area contributed by atoms with Crippen LogP contribution >= 0.6 is 0 Å². The fraction of sp³-hybridized carbons (Fsp3) is 0.417. The topological polar surface area (TPSA) is 49.3 Å². The molecule has 0 saturated carbocycles. The standard InChI is InChI=1S/C12H15F2NO2/c1-2-10(16)8-3-5-9(6-4-8)15-7-11(17)12(13)14/h3-6,11-12,15,17H,2,7H2,1H3. The van der Waals surface area contributed by atoms with Crippen LogP contribution in [0.15, 0.2) is 24.3 Å². The lowest BCUT2D eigenvalue weighted by molar-refractivity contribution is 0.00384. The quantitative estimate of drug-likeness (QED) is 0.754. The lowest BCUT2D eigenvalue weighted by atomic mass is 10.1. The molecular weight excluding hydrogens is 228 g/mol. The number of nitrogens with one attached hydrogen (secondary N) is 1. The Bertz CT molecular complexity index is 365. The Balaban J connectivity index is 2.54. The molecule has 1 aromatic carbocycles. The largest absolute Gasteiger partial charge is 0.385 e. The fourth-order valence-corrected chi connectivity index (χ4v) is 1.29. The molecular formula is C12H15F2NO2. The van der Waals surface area contributed by atoms with Gasteiger partial charge >= 0.3 is 0 Å². The number of hydrogen-bond acceptors (Lipinski definition) is 3. The molecule has 0 aromatic heterocycles. The third-order valence-corrected chi connectivity index (χ3v) is 2.33. The van der Waals surface area contributed by atoms with Crippen molar-refractivity contribution in [3.05, 3.63) is 29.8 Å². The van der Waals surface area contributed by atoms with Crippen LogP contribution in [0, 0.1) is 0 Å². The first-order chi connectivity index (χ1) is 8.04. The molecule has 0 aliphatic rings. The molecule has 1 atom stereocenters. The Hall–Kier alpha value is -1.49. The van der Waals surface area contributed by atoms with Gasteiger partial charge in [-0.15, -0.1) is 0 Å². The van der Waals surface area contributed by atoms with E-state index in [0.717, 1.165) is 0 Å². The summed E-state index contributed by atoms with van der Waals surface area (Å²) in [5, 5.41) is 11.6. The SMILES string of the molecule is CCC(=O)c1ccc(NCC(O)C(F)F)cc1. The van der Waals surface area contributed by atoms with Crippen LogP contribution in [-0.2, 0) is 0 Å². The molecule has 0 heterocycles. The van der Waals surface area contributed by atoms with E-state index in [1.54, 1.807) is 31.2 Å². The lowest BCUT2D eigenvalue weighted by Crippen LogP contribution is -2.26. The predicted octanol–water partition coefficient (Wildman–Crippen LogP) is 2.32. The van der Waals surface area contributed by atoms with Crippen LogP contribution in [0.2, 0.25) is 0 Å². The van der Waals surface area contributed by atoms with Gasteiger partial charge in [0.2, 0.25) is 0 Å². The van der Waals surface area contributed by atoms with Gasteiger partial charge in [-0.25, -0.2) is 8.78 Å². The first-order valence-electron chi connectivity index (χ1n) is 5.38. The first kappa shape index (κ1) is 13.6. The maximum Gasteiger partial charge on any atom is 0.265 e. The van der Waals surface area contributed by atoms with E-state index in [-0.39, 0.29) is 12.3 Å². The molecule has 0 spiro atoms. The second-order valence-corrected chi connectivity index (χ2v) is 3.64. The van der Waals surface area contributed by atoms with Crippen molar-refractivity contribution in [2.75, 3.05) is 11.9 Å². The summed E-state index contributed by atoms with van der Waals surface area (Å²) in [4.78, 5) is 11.3. The molecule has 3 nitrogen and oxygen atoms in total. The van der Waals surface area contributed by atoms with Gasteiger partial charge in [0.1, 0.15) is 6.10 Å². The summed E-state index contributed by atoms with van der Waals surface area (Å²) in [6, 6.07) is 6.51. The van der Waals surface area contributed by atoms with Crippen molar-refractivity contribution < 1.29 is 18.7 Å². The van der Waals surface area contributed by atoms with Gasteiger partial charge in [-0.3, -0.25) is 4.79 Å². The third-order valence-electron chi connectivity index (χ3n) is 2.33. The van der Waals surface area contributed by atoms with Crippen LogP contribution < -0.4 is 5.32 Å². The van der Waals surface area contributed by atoms with Gasteiger partial charge in [0.05, 0.1) is 0 Å². The first-order valence-corrected chi connectivity index (χ1v) is 5.38. The minimum absolute atomic E-state index is 0.0316. The highest BCUT2D eigenvalue weighted by Crippen LogP contribution is 2.12. The molecule has 17 heavy (non-hydrogen) atoms. The Kier molecular flexibility index (Phi) is 5.03. The van der Waals surface area contributed by atoms with Crippen molar-refractivity contribution in [3.8, 4) is 0 Å². The Morgan fingerprint density at radius 1 is 1.35 bits per heavy atom. The van der Waals surface area contributed by atoms with Gasteiger partial charge < -0.3 is 10.4 Å². The van der Waals surface area contributed by atoms with Crippen LogP contribution in [0.4, 0.5) is 14.5 Å². The van der Waals surface area contributed by atoms with E-state index in [4.69, 9.17) is 5.11 Å². The normalized spacial score (nSPS) is 12.5. The highest BCUT2D eigenvalue weighted by atomic mass is 19.3. The van der Waals surface area contributed by atoms with Gasteiger partial charge in [0.25, 0.3) is 6.43 Å². The van der Waals surface area contributed by atoms with Crippen molar-refractivity contribution in [1.29, 1.82) is 0 Å². The zero-order chi connectivity index (χ0) is 12.8. The number of alkyl halides is 2. The van der Waals surface area contributed by atoms with Gasteiger partial charge in [-0.05, 0) is 24.3 Å². The number of halogens is 2. The van der Waals surface area contributed by atoms with Crippen molar-refractivity contribution in [3.63, 3.8) is 0 Å². The number of carbonyl (C=O) groups excluding carboxylic acids is 1. The zero-order valence-corrected chi connectivity index (χ0v) is 9.49. The van der Waals surface area contributed by atoms with Gasteiger partial charge in [0, 0.05) is 24.2 Å². The second kappa shape index (κ2) is 6.30. The molecule has 1 unspecified atom stereocenters.